The molecule has 0 aliphatic rings. The smallest absolute Gasteiger partial charge is 0.0901 e. The molecule has 0 N–H and O–H groups in total. The fourth-order valence-electron chi connectivity index (χ4n) is 1.25. The van der Waals surface area contributed by atoms with Gasteiger partial charge in [0.2, 0.25) is 0 Å². The molecule has 0 radical (unpaired) electrons. The predicted molar refractivity (Wildman–Crippen MR) is 50.9 cm³/mol. The van der Waals surface area contributed by atoms with Crippen LogP contribution in [0.1, 0.15) is 52.4 Å². The van der Waals surface area contributed by atoms with Crippen LogP contribution in [-0.4, -0.2) is 13.2 Å². The van der Waals surface area contributed by atoms with Crippen molar-refractivity contribution in [2.45, 2.75) is 58.5 Å². The number of hydrogen-bond donors (Lipinski definition) is 0. The van der Waals surface area contributed by atoms with Crippen molar-refractivity contribution in [2.24, 2.45) is 0 Å². The lowest BCUT2D eigenvalue weighted by Crippen LogP contribution is -2.06. The molecule has 0 aromatic heterocycles. The molecule has 0 spiro atoms. The van der Waals surface area contributed by atoms with Crippen LogP contribution < -0.4 is 0 Å². The van der Waals surface area contributed by atoms with Gasteiger partial charge in [0.25, 0.3) is 0 Å². The van der Waals surface area contributed by atoms with E-state index in [9.17, 15) is 0 Å². The zero-order valence-corrected chi connectivity index (χ0v) is 8.64. The first kappa shape index (κ1) is 11.9. The Morgan fingerprint density at radius 3 is 2.33 bits per heavy atom. The van der Waals surface area contributed by atoms with E-state index in [1.165, 1.54) is 32.1 Å². The third kappa shape index (κ3) is 8.02. The predicted octanol–water partition coefficient (Wildman–Crippen LogP) is 3.31. The van der Waals surface area contributed by atoms with Crippen molar-refractivity contribution in [1.29, 1.82) is 0 Å². The molecule has 0 aromatic rings. The van der Waals surface area contributed by atoms with Crippen molar-refractivity contribution in [3.8, 4) is 0 Å². The van der Waals surface area contributed by atoms with E-state index < -0.39 is 0 Å². The fourth-order valence-corrected chi connectivity index (χ4v) is 1.25. The van der Waals surface area contributed by atoms with E-state index in [2.05, 4.69) is 11.8 Å². The van der Waals surface area contributed by atoms with E-state index in [0.717, 1.165) is 6.42 Å². The molecule has 0 heterocycles. The SMILES string of the molecule is CCCCCCCC(C)OOC. The van der Waals surface area contributed by atoms with Gasteiger partial charge in [-0.3, -0.25) is 0 Å². The zero-order valence-electron chi connectivity index (χ0n) is 8.64. The number of rotatable bonds is 8. The van der Waals surface area contributed by atoms with Crippen LogP contribution in [0, 0.1) is 0 Å². The summed E-state index contributed by atoms with van der Waals surface area (Å²) >= 11 is 0. The highest BCUT2D eigenvalue weighted by atomic mass is 17.2. The molecule has 0 fully saturated rings. The van der Waals surface area contributed by atoms with Crippen LogP contribution >= 0.6 is 0 Å². The summed E-state index contributed by atoms with van der Waals surface area (Å²) in [4.78, 5) is 9.53. The highest BCUT2D eigenvalue weighted by molar-refractivity contribution is 4.49. The van der Waals surface area contributed by atoms with Gasteiger partial charge in [0, 0.05) is 0 Å². The van der Waals surface area contributed by atoms with Crippen molar-refractivity contribution < 1.29 is 9.78 Å². The number of hydrogen-bond acceptors (Lipinski definition) is 2. The quantitative estimate of drug-likeness (QED) is 0.319. The lowest BCUT2D eigenvalue weighted by Gasteiger charge is -2.08. The summed E-state index contributed by atoms with van der Waals surface area (Å²) in [5, 5.41) is 0. The third-order valence-electron chi connectivity index (χ3n) is 1.97. The molecule has 0 aliphatic carbocycles. The molecule has 2 nitrogen and oxygen atoms in total. The number of unbranched alkanes of at least 4 members (excludes halogenated alkanes) is 4. The monoisotopic (exact) mass is 174 g/mol. The van der Waals surface area contributed by atoms with Crippen LogP contribution in [0.4, 0.5) is 0 Å². The summed E-state index contributed by atoms with van der Waals surface area (Å²) in [5.41, 5.74) is 0. The maximum Gasteiger partial charge on any atom is 0.0901 e. The van der Waals surface area contributed by atoms with Crippen molar-refractivity contribution in [2.75, 3.05) is 7.11 Å². The van der Waals surface area contributed by atoms with Crippen LogP contribution in [0.15, 0.2) is 0 Å². The molecule has 0 bridgehead atoms. The summed E-state index contributed by atoms with van der Waals surface area (Å²) in [6, 6.07) is 0. The average molecular weight is 174 g/mol. The molecule has 12 heavy (non-hydrogen) atoms. The van der Waals surface area contributed by atoms with Crippen LogP contribution in [0.3, 0.4) is 0 Å². The van der Waals surface area contributed by atoms with E-state index in [0.29, 0.717) is 0 Å². The largest absolute Gasteiger partial charge is 0.240 e. The second-order valence-corrected chi connectivity index (χ2v) is 3.28. The minimum Gasteiger partial charge on any atom is -0.240 e. The molecule has 0 saturated heterocycles. The maximum atomic E-state index is 4.95. The molecule has 0 saturated carbocycles. The zero-order chi connectivity index (χ0) is 9.23. The van der Waals surface area contributed by atoms with Gasteiger partial charge in [0.15, 0.2) is 0 Å². The van der Waals surface area contributed by atoms with E-state index in [1.807, 2.05) is 6.92 Å². The van der Waals surface area contributed by atoms with Crippen molar-refractivity contribution in [3.63, 3.8) is 0 Å². The Balaban J connectivity index is 2.97. The normalized spacial score (nSPS) is 13.2. The highest BCUT2D eigenvalue weighted by Crippen LogP contribution is 2.08. The van der Waals surface area contributed by atoms with Crippen molar-refractivity contribution in [1.82, 2.24) is 0 Å². The second kappa shape index (κ2) is 9.01. The summed E-state index contributed by atoms with van der Waals surface area (Å²) in [6.07, 6.45) is 7.96. The molecule has 1 atom stereocenters. The Hall–Kier alpha value is -0.0800. The average Bonchev–Trinajstić information content (AvgIpc) is 2.05. The van der Waals surface area contributed by atoms with Crippen LogP contribution in [0.5, 0.6) is 0 Å². The maximum absolute atomic E-state index is 4.95. The second-order valence-electron chi connectivity index (χ2n) is 3.28. The van der Waals surface area contributed by atoms with Gasteiger partial charge in [-0.1, -0.05) is 39.0 Å². The Bertz CT molecular complexity index is 83.9. The topological polar surface area (TPSA) is 18.5 Å². The standard InChI is InChI=1S/C10H22O2/c1-4-5-6-7-8-9-10(2)12-11-3/h10H,4-9H2,1-3H3. The van der Waals surface area contributed by atoms with Crippen molar-refractivity contribution >= 4 is 0 Å². The molecular formula is C10H22O2. The Kier molecular flexibility index (Phi) is 8.95. The van der Waals surface area contributed by atoms with Gasteiger partial charge in [-0.2, -0.15) is 0 Å². The first-order valence-electron chi connectivity index (χ1n) is 5.00. The minimum atomic E-state index is 0.247. The lowest BCUT2D eigenvalue weighted by atomic mass is 10.1. The van der Waals surface area contributed by atoms with Gasteiger partial charge in [-0.05, 0) is 13.3 Å². The molecule has 1 unspecified atom stereocenters. The van der Waals surface area contributed by atoms with Crippen LogP contribution in [0.2, 0.25) is 0 Å². The van der Waals surface area contributed by atoms with Gasteiger partial charge in [0.05, 0.1) is 13.2 Å². The van der Waals surface area contributed by atoms with Gasteiger partial charge in [0.1, 0.15) is 0 Å². The highest BCUT2D eigenvalue weighted by Gasteiger charge is 2.00. The summed E-state index contributed by atoms with van der Waals surface area (Å²) in [6.45, 7) is 4.28. The molecular weight excluding hydrogens is 152 g/mol. The Labute approximate surface area is 76.2 Å². The van der Waals surface area contributed by atoms with E-state index >= 15 is 0 Å². The van der Waals surface area contributed by atoms with E-state index in [4.69, 9.17) is 4.89 Å². The molecule has 2 heteroatoms. The Morgan fingerprint density at radius 1 is 1.08 bits per heavy atom. The molecule has 0 amide bonds. The third-order valence-corrected chi connectivity index (χ3v) is 1.97. The molecule has 74 valence electrons. The first-order chi connectivity index (χ1) is 5.81. The van der Waals surface area contributed by atoms with Gasteiger partial charge in [-0.25, -0.2) is 9.78 Å². The van der Waals surface area contributed by atoms with Gasteiger partial charge >= 0.3 is 0 Å². The fraction of sp³-hybridized carbons (Fsp3) is 1.00. The lowest BCUT2D eigenvalue weighted by molar-refractivity contribution is -0.301. The first-order valence-corrected chi connectivity index (χ1v) is 5.00. The van der Waals surface area contributed by atoms with E-state index in [-0.39, 0.29) is 6.10 Å². The van der Waals surface area contributed by atoms with Crippen LogP contribution in [-0.2, 0) is 9.78 Å². The minimum absolute atomic E-state index is 0.247. The van der Waals surface area contributed by atoms with E-state index in [1.54, 1.807) is 7.11 Å². The summed E-state index contributed by atoms with van der Waals surface area (Å²) in [7, 11) is 1.56. The van der Waals surface area contributed by atoms with Gasteiger partial charge < -0.3 is 0 Å². The van der Waals surface area contributed by atoms with Gasteiger partial charge in [-0.15, -0.1) is 0 Å². The molecule has 0 aliphatic heterocycles. The Morgan fingerprint density at radius 2 is 1.75 bits per heavy atom. The summed E-state index contributed by atoms with van der Waals surface area (Å²) < 4.78 is 0. The molecule has 0 rings (SSSR count). The van der Waals surface area contributed by atoms with Crippen molar-refractivity contribution in [3.05, 3.63) is 0 Å². The summed E-state index contributed by atoms with van der Waals surface area (Å²) in [5.74, 6) is 0. The molecule has 0 aromatic carbocycles. The van der Waals surface area contributed by atoms with Crippen LogP contribution in [0.25, 0.3) is 0 Å².